The van der Waals surface area contributed by atoms with Crippen molar-refractivity contribution in [1.82, 2.24) is 19.5 Å². The lowest BCUT2D eigenvalue weighted by Gasteiger charge is -2.33. The Morgan fingerprint density at radius 3 is 1.82 bits per heavy atom. The number of aromatic nitrogens is 4. The van der Waals surface area contributed by atoms with Crippen LogP contribution in [0.5, 0.6) is 0 Å². The number of rotatable bonds is 11. The van der Waals surface area contributed by atoms with E-state index in [2.05, 4.69) is 15.0 Å². The first-order chi connectivity index (χ1) is 23.5. The Balaban J connectivity index is 1.47. The molecule has 0 bridgehead atoms. The third-order valence-corrected chi connectivity index (χ3v) is 8.13. The lowest BCUT2D eigenvalue weighted by atomic mass is 9.96. The van der Waals surface area contributed by atoms with Gasteiger partial charge in [-0.15, -0.1) is 0 Å². The molecule has 0 radical (unpaired) electrons. The number of ether oxygens (including phenoxy) is 4. The van der Waals surface area contributed by atoms with Gasteiger partial charge in [-0.05, 0) is 36.4 Å². The Morgan fingerprint density at radius 1 is 0.796 bits per heavy atom. The summed E-state index contributed by atoms with van der Waals surface area (Å²) in [4.78, 5) is 52.5. The number of nitrogens with zero attached hydrogens (tertiary/aromatic N) is 4. The van der Waals surface area contributed by atoms with E-state index in [0.29, 0.717) is 0 Å². The standard InChI is InChI=1S/C33H29N5O10S/c1-49(42,43)48-25-26(46-32(41)23-15-9-4-10-16-23)33(17-44-30(39)21-11-5-2-6-12-21,18-45-31(40)22-13-7-3-8-14-22)47-29(25)38-20-37-24-27(34)35-19-36-28(24)38/h2-16,19-20,25-26,29H,17-18H2,1H3,(H2,34,35,36)/t25-,26-,29-/m1/s1. The fourth-order valence-electron chi connectivity index (χ4n) is 5.29. The Hall–Kier alpha value is -5.71. The van der Waals surface area contributed by atoms with Crippen LogP contribution in [0.1, 0.15) is 37.3 Å². The minimum atomic E-state index is -4.30. The number of carbonyl (C=O) groups is 3. The summed E-state index contributed by atoms with van der Waals surface area (Å²) in [5.41, 5.74) is 4.69. The molecule has 5 aromatic rings. The first-order valence-corrected chi connectivity index (χ1v) is 16.6. The molecule has 2 aromatic heterocycles. The van der Waals surface area contributed by atoms with Gasteiger partial charge in [-0.2, -0.15) is 8.42 Å². The van der Waals surface area contributed by atoms with E-state index in [0.717, 1.165) is 6.26 Å². The molecule has 0 saturated carbocycles. The van der Waals surface area contributed by atoms with Crippen LogP contribution in [-0.2, 0) is 33.2 Å². The molecule has 3 heterocycles. The van der Waals surface area contributed by atoms with E-state index in [1.165, 1.54) is 53.6 Å². The lowest BCUT2D eigenvalue weighted by Crippen LogP contribution is -2.54. The molecule has 2 N–H and O–H groups in total. The zero-order valence-electron chi connectivity index (χ0n) is 25.8. The maximum absolute atomic E-state index is 13.6. The summed E-state index contributed by atoms with van der Waals surface area (Å²) in [6.07, 6.45) is -1.60. The molecule has 1 aliphatic heterocycles. The van der Waals surface area contributed by atoms with Gasteiger partial charge in [0.25, 0.3) is 10.1 Å². The highest BCUT2D eigenvalue weighted by atomic mass is 32.2. The molecule has 6 rings (SSSR count). The van der Waals surface area contributed by atoms with Gasteiger partial charge in [-0.25, -0.2) is 29.3 Å². The number of nitrogens with two attached hydrogens (primary N) is 1. The third kappa shape index (κ3) is 7.25. The van der Waals surface area contributed by atoms with E-state index in [9.17, 15) is 22.8 Å². The molecule has 0 spiro atoms. The topological polar surface area (TPSA) is 201 Å². The molecule has 252 valence electrons. The second kappa shape index (κ2) is 13.8. The second-order valence-electron chi connectivity index (χ2n) is 11.0. The van der Waals surface area contributed by atoms with Crippen molar-refractivity contribution < 1.29 is 45.9 Å². The first-order valence-electron chi connectivity index (χ1n) is 14.7. The molecule has 1 fully saturated rings. The summed E-state index contributed by atoms with van der Waals surface area (Å²) in [5, 5.41) is 0. The normalized spacial score (nSPS) is 18.5. The van der Waals surface area contributed by atoms with Gasteiger partial charge in [0.05, 0.1) is 29.3 Å². The number of hydrogen-bond acceptors (Lipinski definition) is 14. The predicted molar refractivity (Wildman–Crippen MR) is 171 cm³/mol. The fraction of sp³-hybridized carbons (Fsp3) is 0.212. The number of hydrogen-bond donors (Lipinski definition) is 1. The molecule has 3 atom stereocenters. The van der Waals surface area contributed by atoms with E-state index in [-0.39, 0.29) is 33.7 Å². The van der Waals surface area contributed by atoms with Gasteiger partial charge in [-0.3, -0.25) is 8.75 Å². The quantitative estimate of drug-likeness (QED) is 0.121. The smallest absolute Gasteiger partial charge is 0.338 e. The van der Waals surface area contributed by atoms with Crippen LogP contribution in [0.15, 0.2) is 104 Å². The number of carbonyl (C=O) groups excluding carboxylic acids is 3. The van der Waals surface area contributed by atoms with Crippen LogP contribution in [0, 0.1) is 0 Å². The van der Waals surface area contributed by atoms with Gasteiger partial charge in [0.2, 0.25) is 0 Å². The lowest BCUT2D eigenvalue weighted by molar-refractivity contribution is -0.153. The van der Waals surface area contributed by atoms with Gasteiger partial charge in [-0.1, -0.05) is 54.6 Å². The summed E-state index contributed by atoms with van der Waals surface area (Å²) in [6, 6.07) is 23.9. The van der Waals surface area contributed by atoms with Crippen LogP contribution in [0.2, 0.25) is 0 Å². The van der Waals surface area contributed by atoms with Crippen molar-refractivity contribution in [3.63, 3.8) is 0 Å². The van der Waals surface area contributed by atoms with Gasteiger partial charge in [0.15, 0.2) is 35.5 Å². The molecule has 49 heavy (non-hydrogen) atoms. The summed E-state index contributed by atoms with van der Waals surface area (Å²) in [7, 11) is -4.30. The van der Waals surface area contributed by atoms with Crippen LogP contribution in [0.4, 0.5) is 5.82 Å². The van der Waals surface area contributed by atoms with Gasteiger partial charge >= 0.3 is 17.9 Å². The molecule has 0 amide bonds. The SMILES string of the molecule is CS(=O)(=O)O[C@H]1[C@H](n2cnc3c(N)ncnc32)OC(COC(=O)c2ccccc2)(COC(=O)c2ccccc2)[C@@H]1OC(=O)c1ccccc1. The Kier molecular flexibility index (Phi) is 9.35. The minimum Gasteiger partial charge on any atom is -0.459 e. The minimum absolute atomic E-state index is 0.0224. The van der Waals surface area contributed by atoms with E-state index >= 15 is 0 Å². The highest BCUT2D eigenvalue weighted by Crippen LogP contribution is 2.44. The Labute approximate surface area is 279 Å². The molecule has 16 heteroatoms. The fourth-order valence-corrected chi connectivity index (χ4v) is 5.89. The van der Waals surface area contributed by atoms with Crippen molar-refractivity contribution in [2.45, 2.75) is 24.0 Å². The van der Waals surface area contributed by atoms with Crippen molar-refractivity contribution in [1.29, 1.82) is 0 Å². The maximum atomic E-state index is 13.6. The van der Waals surface area contributed by atoms with Gasteiger partial charge in [0.1, 0.15) is 25.1 Å². The number of esters is 3. The molecule has 1 saturated heterocycles. The van der Waals surface area contributed by atoms with Crippen molar-refractivity contribution in [3.8, 4) is 0 Å². The highest BCUT2D eigenvalue weighted by molar-refractivity contribution is 7.86. The van der Waals surface area contributed by atoms with Crippen LogP contribution >= 0.6 is 0 Å². The van der Waals surface area contributed by atoms with Gasteiger partial charge < -0.3 is 24.7 Å². The van der Waals surface area contributed by atoms with Crippen molar-refractivity contribution in [2.75, 3.05) is 25.2 Å². The Bertz CT molecular complexity index is 2020. The number of anilines is 1. The number of fused-ring (bicyclic) bond motifs is 1. The molecular weight excluding hydrogens is 658 g/mol. The molecule has 1 aliphatic rings. The maximum Gasteiger partial charge on any atom is 0.338 e. The van der Waals surface area contributed by atoms with Crippen LogP contribution in [0.25, 0.3) is 11.2 Å². The van der Waals surface area contributed by atoms with Gasteiger partial charge in [0, 0.05) is 0 Å². The third-order valence-electron chi connectivity index (χ3n) is 7.56. The first kappa shape index (κ1) is 33.2. The van der Waals surface area contributed by atoms with Crippen LogP contribution in [0.3, 0.4) is 0 Å². The zero-order valence-corrected chi connectivity index (χ0v) is 26.6. The number of benzene rings is 3. The van der Waals surface area contributed by atoms with E-state index < -0.39 is 65.3 Å². The van der Waals surface area contributed by atoms with E-state index in [4.69, 9.17) is 28.9 Å². The summed E-state index contributed by atoms with van der Waals surface area (Å²) >= 11 is 0. The Morgan fingerprint density at radius 2 is 1.31 bits per heavy atom. The van der Waals surface area contributed by atoms with Crippen molar-refractivity contribution in [3.05, 3.63) is 120 Å². The summed E-state index contributed by atoms with van der Waals surface area (Å²) in [5.74, 6) is -2.45. The molecular formula is C33H29N5O10S. The average Bonchev–Trinajstić information content (AvgIpc) is 3.66. The molecule has 3 aromatic carbocycles. The van der Waals surface area contributed by atoms with Crippen molar-refractivity contribution >= 4 is 45.0 Å². The highest BCUT2D eigenvalue weighted by Gasteiger charge is 2.62. The molecule has 15 nitrogen and oxygen atoms in total. The van der Waals surface area contributed by atoms with Crippen LogP contribution in [-0.4, -0.2) is 83.1 Å². The average molecular weight is 688 g/mol. The zero-order chi connectivity index (χ0) is 34.6. The number of nitrogen functional groups attached to an aromatic ring is 1. The number of imidazole rings is 1. The molecule has 0 aliphatic carbocycles. The summed E-state index contributed by atoms with van der Waals surface area (Å²) in [6.45, 7) is -1.39. The van der Waals surface area contributed by atoms with Crippen LogP contribution < -0.4 is 5.73 Å². The van der Waals surface area contributed by atoms with Crippen molar-refractivity contribution in [2.24, 2.45) is 0 Å². The van der Waals surface area contributed by atoms with E-state index in [1.807, 2.05) is 0 Å². The largest absolute Gasteiger partial charge is 0.459 e. The molecule has 0 unspecified atom stereocenters. The van der Waals surface area contributed by atoms with E-state index in [1.54, 1.807) is 54.6 Å². The predicted octanol–water partition coefficient (Wildman–Crippen LogP) is 2.96. The summed E-state index contributed by atoms with van der Waals surface area (Å²) < 4.78 is 56.3. The second-order valence-corrected chi connectivity index (χ2v) is 12.6. The monoisotopic (exact) mass is 687 g/mol.